The van der Waals surface area contributed by atoms with E-state index in [1.807, 2.05) is 0 Å². The third-order valence-electron chi connectivity index (χ3n) is 3.91. The minimum absolute atomic E-state index is 0.506. The smallest absolute Gasteiger partial charge is 0.0320 e. The van der Waals surface area contributed by atoms with Crippen LogP contribution < -0.4 is 5.32 Å². The number of hydrogen-bond acceptors (Lipinski definition) is 1. The molecule has 0 aromatic heterocycles. The van der Waals surface area contributed by atoms with Gasteiger partial charge in [-0.05, 0) is 41.8 Å². The van der Waals surface area contributed by atoms with E-state index in [9.17, 15) is 0 Å². The quantitative estimate of drug-likeness (QED) is 0.627. The minimum atomic E-state index is 0.506. The van der Waals surface area contributed by atoms with Crippen LogP contribution in [0.1, 0.15) is 57.6 Å². The summed E-state index contributed by atoms with van der Waals surface area (Å²) in [5, 5.41) is 6.39. The highest BCUT2D eigenvalue weighted by molar-refractivity contribution is 5.83. The first-order valence-electron chi connectivity index (χ1n) is 8.07. The van der Waals surface area contributed by atoms with Crippen molar-refractivity contribution < 1.29 is 0 Å². The van der Waals surface area contributed by atoms with Gasteiger partial charge < -0.3 is 5.32 Å². The third kappa shape index (κ3) is 4.08. The molecule has 2 aromatic rings. The van der Waals surface area contributed by atoms with E-state index in [0.717, 1.165) is 6.54 Å². The molecule has 0 saturated carbocycles. The average molecular weight is 269 g/mol. The van der Waals surface area contributed by atoms with Crippen molar-refractivity contribution >= 4 is 10.8 Å². The van der Waals surface area contributed by atoms with Crippen LogP contribution in [0.5, 0.6) is 0 Å². The first-order chi connectivity index (χ1) is 9.85. The fraction of sp³-hybridized carbons (Fsp3) is 0.474. The van der Waals surface area contributed by atoms with E-state index >= 15 is 0 Å². The van der Waals surface area contributed by atoms with E-state index in [0.29, 0.717) is 6.04 Å². The topological polar surface area (TPSA) is 12.0 Å². The molecule has 0 amide bonds. The predicted molar refractivity (Wildman–Crippen MR) is 89.1 cm³/mol. The van der Waals surface area contributed by atoms with E-state index < -0.39 is 0 Å². The molecule has 1 nitrogen and oxygen atoms in total. The first-order valence-corrected chi connectivity index (χ1v) is 8.07. The molecule has 1 heteroatoms. The Kier molecular flexibility index (Phi) is 6.07. The molecule has 0 aliphatic carbocycles. The molecule has 0 bridgehead atoms. The Morgan fingerprint density at radius 2 is 1.70 bits per heavy atom. The monoisotopic (exact) mass is 269 g/mol. The van der Waals surface area contributed by atoms with E-state index in [1.165, 1.54) is 48.4 Å². The molecule has 0 aliphatic heterocycles. The summed E-state index contributed by atoms with van der Waals surface area (Å²) >= 11 is 0. The fourth-order valence-electron chi connectivity index (χ4n) is 2.73. The summed E-state index contributed by atoms with van der Waals surface area (Å²) in [5.41, 5.74) is 1.44. The lowest BCUT2D eigenvalue weighted by molar-refractivity contribution is 0.475. The maximum Gasteiger partial charge on any atom is 0.0320 e. The van der Waals surface area contributed by atoms with Crippen molar-refractivity contribution in [3.05, 3.63) is 48.0 Å². The zero-order valence-corrected chi connectivity index (χ0v) is 12.9. The van der Waals surface area contributed by atoms with Gasteiger partial charge in [0.1, 0.15) is 0 Å². The molecule has 20 heavy (non-hydrogen) atoms. The Balaban J connectivity index is 2.15. The van der Waals surface area contributed by atoms with Crippen molar-refractivity contribution in [1.82, 2.24) is 5.32 Å². The van der Waals surface area contributed by atoms with Gasteiger partial charge in [-0.25, -0.2) is 0 Å². The van der Waals surface area contributed by atoms with Crippen molar-refractivity contribution in [2.24, 2.45) is 0 Å². The van der Waals surface area contributed by atoms with Crippen molar-refractivity contribution in [3.8, 4) is 0 Å². The molecular weight excluding hydrogens is 242 g/mol. The minimum Gasteiger partial charge on any atom is -0.310 e. The molecule has 2 rings (SSSR count). The van der Waals surface area contributed by atoms with Crippen LogP contribution in [0.3, 0.4) is 0 Å². The van der Waals surface area contributed by atoms with Crippen molar-refractivity contribution in [3.63, 3.8) is 0 Å². The van der Waals surface area contributed by atoms with Crippen molar-refractivity contribution in [2.75, 3.05) is 6.54 Å². The van der Waals surface area contributed by atoms with Gasteiger partial charge in [0.25, 0.3) is 0 Å². The number of nitrogens with one attached hydrogen (secondary N) is 1. The SMILES string of the molecule is CCCCCC(NCCC)c1ccc2ccccc2c1. The molecule has 1 N–H and O–H groups in total. The molecule has 2 aromatic carbocycles. The van der Waals surface area contributed by atoms with Crippen LogP contribution in [-0.2, 0) is 0 Å². The largest absolute Gasteiger partial charge is 0.310 e. The third-order valence-corrected chi connectivity index (χ3v) is 3.91. The van der Waals surface area contributed by atoms with Crippen LogP contribution in [0.2, 0.25) is 0 Å². The number of hydrogen-bond donors (Lipinski definition) is 1. The molecule has 0 heterocycles. The molecule has 1 atom stereocenters. The maximum absolute atomic E-state index is 3.71. The van der Waals surface area contributed by atoms with Gasteiger partial charge in [0.2, 0.25) is 0 Å². The highest BCUT2D eigenvalue weighted by Gasteiger charge is 2.10. The van der Waals surface area contributed by atoms with Gasteiger partial charge in [-0.3, -0.25) is 0 Å². The van der Waals surface area contributed by atoms with Crippen molar-refractivity contribution in [2.45, 2.75) is 52.0 Å². The number of unbranched alkanes of at least 4 members (excludes halogenated alkanes) is 2. The second-order valence-electron chi connectivity index (χ2n) is 5.61. The summed E-state index contributed by atoms with van der Waals surface area (Å²) < 4.78 is 0. The summed E-state index contributed by atoms with van der Waals surface area (Å²) in [6, 6.07) is 16.0. The highest BCUT2D eigenvalue weighted by atomic mass is 14.9. The first kappa shape index (κ1) is 15.1. The fourth-order valence-corrected chi connectivity index (χ4v) is 2.73. The lowest BCUT2D eigenvalue weighted by atomic mass is 9.97. The summed E-state index contributed by atoms with van der Waals surface area (Å²) in [7, 11) is 0. The summed E-state index contributed by atoms with van der Waals surface area (Å²) in [6.45, 7) is 5.60. The highest BCUT2D eigenvalue weighted by Crippen LogP contribution is 2.24. The molecule has 0 saturated heterocycles. The Morgan fingerprint density at radius 3 is 2.45 bits per heavy atom. The van der Waals surface area contributed by atoms with Gasteiger partial charge in [-0.1, -0.05) is 69.5 Å². The molecule has 1 unspecified atom stereocenters. The van der Waals surface area contributed by atoms with E-state index in [2.05, 4.69) is 61.6 Å². The molecule has 0 radical (unpaired) electrons. The molecule has 108 valence electrons. The predicted octanol–water partition coefficient (Wildman–Crippen LogP) is 5.46. The maximum atomic E-state index is 3.71. The second-order valence-corrected chi connectivity index (χ2v) is 5.61. The number of fused-ring (bicyclic) bond motifs is 1. The zero-order valence-electron chi connectivity index (χ0n) is 12.9. The van der Waals surface area contributed by atoms with Crippen LogP contribution in [0.15, 0.2) is 42.5 Å². The van der Waals surface area contributed by atoms with Gasteiger partial charge in [0, 0.05) is 6.04 Å². The van der Waals surface area contributed by atoms with Crippen LogP contribution in [-0.4, -0.2) is 6.54 Å². The Bertz CT molecular complexity index is 518. The van der Waals surface area contributed by atoms with Gasteiger partial charge in [0.15, 0.2) is 0 Å². The second kappa shape index (κ2) is 8.06. The summed E-state index contributed by atoms with van der Waals surface area (Å²) in [5.74, 6) is 0. The molecule has 0 aliphatic rings. The molecule has 0 fully saturated rings. The van der Waals surface area contributed by atoms with Gasteiger partial charge in [0.05, 0.1) is 0 Å². The molecular formula is C19H27N. The normalized spacial score (nSPS) is 12.7. The lowest BCUT2D eigenvalue weighted by Crippen LogP contribution is -2.22. The lowest BCUT2D eigenvalue weighted by Gasteiger charge is -2.19. The Morgan fingerprint density at radius 1 is 0.900 bits per heavy atom. The average Bonchev–Trinajstić information content (AvgIpc) is 2.50. The van der Waals surface area contributed by atoms with Gasteiger partial charge in [-0.15, -0.1) is 0 Å². The summed E-state index contributed by atoms with van der Waals surface area (Å²) in [6.07, 6.45) is 6.37. The van der Waals surface area contributed by atoms with Crippen LogP contribution in [0, 0.1) is 0 Å². The number of benzene rings is 2. The van der Waals surface area contributed by atoms with Gasteiger partial charge in [-0.2, -0.15) is 0 Å². The van der Waals surface area contributed by atoms with Crippen molar-refractivity contribution in [1.29, 1.82) is 0 Å². The van der Waals surface area contributed by atoms with Crippen LogP contribution in [0.4, 0.5) is 0 Å². The Labute approximate surface area is 123 Å². The van der Waals surface area contributed by atoms with E-state index in [4.69, 9.17) is 0 Å². The Hall–Kier alpha value is -1.34. The molecule has 0 spiro atoms. The summed E-state index contributed by atoms with van der Waals surface area (Å²) in [4.78, 5) is 0. The number of rotatable bonds is 8. The van der Waals surface area contributed by atoms with E-state index in [-0.39, 0.29) is 0 Å². The standard InChI is InChI=1S/C19H27N/c1-3-5-6-11-19(20-14-4-2)18-13-12-16-9-7-8-10-17(16)15-18/h7-10,12-13,15,19-20H,3-6,11,14H2,1-2H3. The zero-order chi connectivity index (χ0) is 14.2. The van der Waals surface area contributed by atoms with Gasteiger partial charge >= 0.3 is 0 Å². The van der Waals surface area contributed by atoms with Crippen LogP contribution >= 0.6 is 0 Å². The van der Waals surface area contributed by atoms with E-state index in [1.54, 1.807) is 0 Å². The van der Waals surface area contributed by atoms with Crippen LogP contribution in [0.25, 0.3) is 10.8 Å².